The van der Waals surface area contributed by atoms with Gasteiger partial charge in [0.25, 0.3) is 0 Å². The van der Waals surface area contributed by atoms with Gasteiger partial charge in [-0.15, -0.1) is 0 Å². The van der Waals surface area contributed by atoms with E-state index in [1.807, 2.05) is 6.07 Å². The molecule has 13 rings (SSSR count). The van der Waals surface area contributed by atoms with Crippen LogP contribution in [0.15, 0.2) is 267 Å². The molecule has 0 radical (unpaired) electrons. The van der Waals surface area contributed by atoms with Crippen molar-refractivity contribution in [3.8, 4) is 78.4 Å². The number of aromatic nitrogens is 2. The Balaban J connectivity index is 0.955. The van der Waals surface area contributed by atoms with Crippen molar-refractivity contribution in [2.24, 2.45) is 0 Å². The lowest BCUT2D eigenvalue weighted by atomic mass is 9.65. The maximum atomic E-state index is 5.39. The lowest BCUT2D eigenvalue weighted by Crippen LogP contribution is -2.29. The van der Waals surface area contributed by atoms with Crippen LogP contribution in [0.1, 0.15) is 22.3 Å². The Morgan fingerprint density at radius 3 is 1.38 bits per heavy atom. The molecule has 0 saturated carbocycles. The van der Waals surface area contributed by atoms with E-state index in [1.165, 1.54) is 55.3 Å². The molecule has 0 fully saturated rings. The molecule has 0 amide bonds. The fourth-order valence-electron chi connectivity index (χ4n) is 11.2. The second-order valence-corrected chi connectivity index (χ2v) is 17.9. The van der Waals surface area contributed by atoms with Crippen LogP contribution in [0, 0.1) is 0 Å². The summed E-state index contributed by atoms with van der Waals surface area (Å²) in [5.41, 5.74) is 19.1. The van der Waals surface area contributed by atoms with Crippen molar-refractivity contribution < 1.29 is 0 Å². The molecular weight excluding hydrogens is 833 g/mol. The van der Waals surface area contributed by atoms with Crippen molar-refractivity contribution in [3.05, 3.63) is 289 Å². The van der Waals surface area contributed by atoms with Gasteiger partial charge in [-0.25, -0.2) is 9.97 Å². The summed E-state index contributed by atoms with van der Waals surface area (Å²) in [4.78, 5) is 10.7. The van der Waals surface area contributed by atoms with Crippen LogP contribution in [0.2, 0.25) is 0 Å². The van der Waals surface area contributed by atoms with Crippen molar-refractivity contribution in [2.75, 3.05) is 0 Å². The molecule has 0 bridgehead atoms. The first-order valence-corrected chi connectivity index (χ1v) is 23.7. The molecule has 1 aliphatic rings. The van der Waals surface area contributed by atoms with Crippen LogP contribution in [-0.4, -0.2) is 9.97 Å². The largest absolute Gasteiger partial charge is 0.228 e. The SMILES string of the molecule is c1ccc(-c2cc(-c3ccccc3-c3ccccc3)nc(-c3ccc(-c4ccc(-c5cccc6c5C(c5ccccc5)(c5ccccc5)c5c-6ccc6ccccc56)cc4)c4ccccc34)n2)cc1. The Morgan fingerprint density at radius 2 is 0.696 bits per heavy atom. The van der Waals surface area contributed by atoms with Crippen LogP contribution in [0.3, 0.4) is 0 Å². The first kappa shape index (κ1) is 40.3. The molecule has 2 heteroatoms. The molecule has 2 nitrogen and oxygen atoms in total. The van der Waals surface area contributed by atoms with Crippen molar-refractivity contribution in [2.45, 2.75) is 5.41 Å². The van der Waals surface area contributed by atoms with E-state index in [4.69, 9.17) is 9.97 Å². The van der Waals surface area contributed by atoms with Gasteiger partial charge in [-0.2, -0.15) is 0 Å². The molecule has 1 aliphatic carbocycles. The molecule has 12 aromatic rings. The first-order chi connectivity index (χ1) is 34.2. The third kappa shape index (κ3) is 6.64. The number of rotatable bonds is 8. The van der Waals surface area contributed by atoms with Gasteiger partial charge < -0.3 is 0 Å². The van der Waals surface area contributed by atoms with Gasteiger partial charge in [0, 0.05) is 16.7 Å². The summed E-state index contributed by atoms with van der Waals surface area (Å²) in [6.45, 7) is 0. The topological polar surface area (TPSA) is 25.8 Å². The van der Waals surface area contributed by atoms with Crippen LogP contribution in [0.5, 0.6) is 0 Å². The van der Waals surface area contributed by atoms with Gasteiger partial charge in [0.2, 0.25) is 0 Å². The lowest BCUT2D eigenvalue weighted by Gasteiger charge is -2.36. The molecule has 69 heavy (non-hydrogen) atoms. The summed E-state index contributed by atoms with van der Waals surface area (Å²) in [6, 6.07) is 96.7. The van der Waals surface area contributed by atoms with Crippen molar-refractivity contribution >= 4 is 21.5 Å². The minimum Gasteiger partial charge on any atom is -0.228 e. The predicted molar refractivity (Wildman–Crippen MR) is 287 cm³/mol. The number of nitrogens with zero attached hydrogens (tertiary/aromatic N) is 2. The molecule has 322 valence electrons. The van der Waals surface area contributed by atoms with Crippen molar-refractivity contribution in [3.63, 3.8) is 0 Å². The van der Waals surface area contributed by atoms with Gasteiger partial charge in [0.05, 0.1) is 16.8 Å². The highest BCUT2D eigenvalue weighted by Crippen LogP contribution is 2.60. The fourth-order valence-corrected chi connectivity index (χ4v) is 11.2. The van der Waals surface area contributed by atoms with Gasteiger partial charge >= 0.3 is 0 Å². The average Bonchev–Trinajstić information content (AvgIpc) is 3.75. The number of hydrogen-bond acceptors (Lipinski definition) is 2. The second-order valence-electron chi connectivity index (χ2n) is 17.9. The summed E-state index contributed by atoms with van der Waals surface area (Å²) in [7, 11) is 0. The summed E-state index contributed by atoms with van der Waals surface area (Å²) >= 11 is 0. The molecular formula is C67H44N2. The Kier molecular flexibility index (Phi) is 9.77. The van der Waals surface area contributed by atoms with Crippen molar-refractivity contribution in [1.82, 2.24) is 9.97 Å². The zero-order chi connectivity index (χ0) is 45.7. The van der Waals surface area contributed by atoms with E-state index in [-0.39, 0.29) is 0 Å². The minimum absolute atomic E-state index is 0.557. The zero-order valence-corrected chi connectivity index (χ0v) is 37.8. The summed E-state index contributed by atoms with van der Waals surface area (Å²) in [5, 5.41) is 4.78. The first-order valence-electron chi connectivity index (χ1n) is 23.7. The van der Waals surface area contributed by atoms with E-state index in [0.29, 0.717) is 5.82 Å². The number of benzene rings is 11. The zero-order valence-electron chi connectivity index (χ0n) is 37.8. The quantitative estimate of drug-likeness (QED) is 0.152. The van der Waals surface area contributed by atoms with Crippen LogP contribution < -0.4 is 0 Å². The van der Waals surface area contributed by atoms with E-state index in [9.17, 15) is 0 Å². The van der Waals surface area contributed by atoms with Gasteiger partial charge in [-0.05, 0) is 100 Å². The van der Waals surface area contributed by atoms with Crippen LogP contribution >= 0.6 is 0 Å². The second kappa shape index (κ2) is 16.7. The molecule has 0 spiro atoms. The molecule has 0 aliphatic heterocycles. The third-order valence-electron chi connectivity index (χ3n) is 14.2. The average molecular weight is 877 g/mol. The van der Waals surface area contributed by atoms with E-state index >= 15 is 0 Å². The highest BCUT2D eigenvalue weighted by atomic mass is 14.9. The molecule has 1 heterocycles. The molecule has 11 aromatic carbocycles. The maximum Gasteiger partial charge on any atom is 0.161 e. The Labute approximate surface area is 402 Å². The normalized spacial score (nSPS) is 12.5. The third-order valence-corrected chi connectivity index (χ3v) is 14.2. The van der Waals surface area contributed by atoms with Gasteiger partial charge in [-0.3, -0.25) is 0 Å². The van der Waals surface area contributed by atoms with Crippen LogP contribution in [-0.2, 0) is 5.41 Å². The van der Waals surface area contributed by atoms with Gasteiger partial charge in [0.15, 0.2) is 5.82 Å². The van der Waals surface area contributed by atoms with Crippen LogP contribution in [0.25, 0.3) is 100.0 Å². The van der Waals surface area contributed by atoms with Gasteiger partial charge in [0.1, 0.15) is 0 Å². The van der Waals surface area contributed by atoms with Crippen LogP contribution in [0.4, 0.5) is 0 Å². The monoisotopic (exact) mass is 876 g/mol. The molecule has 0 atom stereocenters. The minimum atomic E-state index is -0.557. The fraction of sp³-hybridized carbons (Fsp3) is 0.0149. The van der Waals surface area contributed by atoms with E-state index in [0.717, 1.165) is 61.1 Å². The highest BCUT2D eigenvalue weighted by Gasteiger charge is 2.48. The Morgan fingerprint density at radius 1 is 0.246 bits per heavy atom. The maximum absolute atomic E-state index is 5.39. The van der Waals surface area contributed by atoms with E-state index < -0.39 is 5.41 Å². The van der Waals surface area contributed by atoms with E-state index in [1.54, 1.807) is 0 Å². The Bertz CT molecular complexity index is 3820. The summed E-state index contributed by atoms with van der Waals surface area (Å²) < 4.78 is 0. The highest BCUT2D eigenvalue weighted by molar-refractivity contribution is 6.05. The van der Waals surface area contributed by atoms with E-state index in [2.05, 4.69) is 261 Å². The molecule has 0 unspecified atom stereocenters. The predicted octanol–water partition coefficient (Wildman–Crippen LogP) is 17.1. The Hall–Kier alpha value is -8.98. The smallest absolute Gasteiger partial charge is 0.161 e. The number of fused-ring (bicyclic) bond motifs is 6. The molecule has 0 N–H and O–H groups in total. The van der Waals surface area contributed by atoms with Gasteiger partial charge in [-0.1, -0.05) is 255 Å². The molecule has 1 aromatic heterocycles. The summed E-state index contributed by atoms with van der Waals surface area (Å²) in [6.07, 6.45) is 0. The number of hydrogen-bond donors (Lipinski definition) is 0. The summed E-state index contributed by atoms with van der Waals surface area (Å²) in [5.74, 6) is 0.694. The molecule has 0 saturated heterocycles. The standard InChI is InChI=1S/C67H44N2/c1-5-20-45(21-6-1)52-29-15-18-33-58(52)63-44-62(49-23-7-2-8-24-49)68-66(69-63)61-43-42-53(56-31-16-17-32-57(56)61)47-36-38-48(39-37-47)55-34-19-35-59-60-41-40-46-22-13-14-30-54(46)65(60)67(64(55)59,50-25-9-3-10-26-50)51-27-11-4-12-28-51/h1-44H. The lowest BCUT2D eigenvalue weighted by molar-refractivity contribution is 0.777. The van der Waals surface area contributed by atoms with Crippen molar-refractivity contribution in [1.29, 1.82) is 0 Å².